The summed E-state index contributed by atoms with van der Waals surface area (Å²) >= 11 is 0. The number of nitrogens with two attached hydrogens (primary N) is 1. The number of rotatable bonds is 5. The van der Waals surface area contributed by atoms with Gasteiger partial charge < -0.3 is 10.5 Å². The van der Waals surface area contributed by atoms with Crippen LogP contribution in [0, 0.1) is 0 Å². The third-order valence-corrected chi connectivity index (χ3v) is 1.35. The Hall–Kier alpha value is -0.0800. The molecule has 0 aromatic rings. The molecule has 56 valence electrons. The van der Waals surface area contributed by atoms with Crippen molar-refractivity contribution in [2.24, 2.45) is 5.73 Å². The lowest BCUT2D eigenvalue weighted by atomic mass is 10.1. The fraction of sp³-hybridized carbons (Fsp3) is 1.00. The summed E-state index contributed by atoms with van der Waals surface area (Å²) in [5, 5.41) is 0. The van der Waals surface area contributed by atoms with E-state index in [9.17, 15) is 0 Å². The van der Waals surface area contributed by atoms with Crippen LogP contribution in [0.15, 0.2) is 0 Å². The van der Waals surface area contributed by atoms with Gasteiger partial charge in [-0.05, 0) is 12.8 Å². The van der Waals surface area contributed by atoms with Gasteiger partial charge in [0.15, 0.2) is 0 Å². The predicted molar refractivity (Wildman–Crippen MR) is 39.4 cm³/mol. The van der Waals surface area contributed by atoms with Gasteiger partial charge in [-0.3, -0.25) is 0 Å². The van der Waals surface area contributed by atoms with Crippen LogP contribution in [-0.2, 0) is 4.74 Å². The molecule has 0 spiro atoms. The zero-order valence-electron chi connectivity index (χ0n) is 6.39. The smallest absolute Gasteiger partial charge is 0.0477 e. The van der Waals surface area contributed by atoms with Crippen molar-refractivity contribution >= 4 is 0 Å². The maximum Gasteiger partial charge on any atom is 0.0477 e. The molecule has 0 bridgehead atoms. The van der Waals surface area contributed by atoms with Gasteiger partial charge in [-0.2, -0.15) is 0 Å². The van der Waals surface area contributed by atoms with Crippen LogP contribution in [0.5, 0.6) is 0 Å². The van der Waals surface area contributed by atoms with Gasteiger partial charge in [-0.15, -0.1) is 0 Å². The van der Waals surface area contributed by atoms with Crippen molar-refractivity contribution in [3.05, 3.63) is 0 Å². The van der Waals surface area contributed by atoms with E-state index in [-0.39, 0.29) is 0 Å². The first-order valence-corrected chi connectivity index (χ1v) is 3.55. The molecule has 1 atom stereocenters. The van der Waals surface area contributed by atoms with Gasteiger partial charge in [0.1, 0.15) is 0 Å². The van der Waals surface area contributed by atoms with E-state index in [1.165, 1.54) is 6.42 Å². The quantitative estimate of drug-likeness (QED) is 0.607. The number of hydrogen-bond donors (Lipinski definition) is 1. The second-order valence-electron chi connectivity index (χ2n) is 2.33. The molecule has 0 aromatic carbocycles. The molecule has 0 aliphatic rings. The van der Waals surface area contributed by atoms with Gasteiger partial charge in [-0.1, -0.05) is 13.3 Å². The van der Waals surface area contributed by atoms with Crippen LogP contribution in [0.4, 0.5) is 0 Å². The van der Waals surface area contributed by atoms with Crippen molar-refractivity contribution in [2.75, 3.05) is 13.7 Å². The fourth-order valence-electron chi connectivity index (χ4n) is 0.784. The van der Waals surface area contributed by atoms with E-state index in [4.69, 9.17) is 10.5 Å². The van der Waals surface area contributed by atoms with Gasteiger partial charge in [0, 0.05) is 19.8 Å². The molecule has 0 amide bonds. The molecule has 2 heteroatoms. The lowest BCUT2D eigenvalue weighted by Gasteiger charge is -2.07. The Balaban J connectivity index is 2.95. The topological polar surface area (TPSA) is 35.2 Å². The minimum Gasteiger partial charge on any atom is -0.385 e. The zero-order valence-corrected chi connectivity index (χ0v) is 6.39. The van der Waals surface area contributed by atoms with E-state index in [2.05, 4.69) is 6.92 Å². The molecule has 0 aromatic heterocycles. The summed E-state index contributed by atoms with van der Waals surface area (Å²) in [6.45, 7) is 2.94. The van der Waals surface area contributed by atoms with Crippen LogP contribution in [0.1, 0.15) is 26.2 Å². The van der Waals surface area contributed by atoms with E-state index in [0.717, 1.165) is 19.4 Å². The largest absolute Gasteiger partial charge is 0.385 e. The third kappa shape index (κ3) is 5.80. The summed E-state index contributed by atoms with van der Waals surface area (Å²) < 4.78 is 4.88. The van der Waals surface area contributed by atoms with Crippen molar-refractivity contribution in [3.8, 4) is 0 Å². The highest BCUT2D eigenvalue weighted by Crippen LogP contribution is 1.97. The first-order chi connectivity index (χ1) is 4.31. The maximum absolute atomic E-state index is 5.69. The SMILES string of the molecule is CCC[C@H](N)CCOC. The highest BCUT2D eigenvalue weighted by Gasteiger charge is 1.98. The Morgan fingerprint density at radius 3 is 2.56 bits per heavy atom. The fourth-order valence-corrected chi connectivity index (χ4v) is 0.784. The molecule has 9 heavy (non-hydrogen) atoms. The summed E-state index contributed by atoms with van der Waals surface area (Å²) in [6, 6.07) is 0.343. The average Bonchev–Trinajstić information content (AvgIpc) is 1.85. The minimum atomic E-state index is 0.343. The Bertz CT molecular complexity index is 56.9. The van der Waals surface area contributed by atoms with Gasteiger partial charge in [0.05, 0.1) is 0 Å². The summed E-state index contributed by atoms with van der Waals surface area (Å²) in [7, 11) is 1.71. The molecule has 0 fully saturated rings. The van der Waals surface area contributed by atoms with Crippen LogP contribution in [0.3, 0.4) is 0 Å². The van der Waals surface area contributed by atoms with E-state index in [1.54, 1.807) is 7.11 Å². The van der Waals surface area contributed by atoms with Gasteiger partial charge in [-0.25, -0.2) is 0 Å². The Kier molecular flexibility index (Phi) is 5.99. The summed E-state index contributed by atoms with van der Waals surface area (Å²) in [4.78, 5) is 0. The normalized spacial score (nSPS) is 13.7. The van der Waals surface area contributed by atoms with Crippen LogP contribution < -0.4 is 5.73 Å². The molecule has 0 saturated heterocycles. The van der Waals surface area contributed by atoms with Gasteiger partial charge >= 0.3 is 0 Å². The van der Waals surface area contributed by atoms with E-state index < -0.39 is 0 Å². The Labute approximate surface area is 57.4 Å². The molecule has 0 saturated carbocycles. The predicted octanol–water partition coefficient (Wildman–Crippen LogP) is 1.15. The van der Waals surface area contributed by atoms with E-state index >= 15 is 0 Å². The maximum atomic E-state index is 5.69. The monoisotopic (exact) mass is 131 g/mol. The number of methoxy groups -OCH3 is 1. The standard InChI is InChI=1S/C7H17NO/c1-3-4-7(8)5-6-9-2/h7H,3-6,8H2,1-2H3/t7-/m0/s1. The lowest BCUT2D eigenvalue weighted by molar-refractivity contribution is 0.186. The molecular weight excluding hydrogens is 114 g/mol. The zero-order chi connectivity index (χ0) is 7.11. The van der Waals surface area contributed by atoms with E-state index in [1.807, 2.05) is 0 Å². The van der Waals surface area contributed by atoms with Crippen molar-refractivity contribution < 1.29 is 4.74 Å². The first-order valence-electron chi connectivity index (χ1n) is 3.55. The molecular formula is C7H17NO. The van der Waals surface area contributed by atoms with Crippen LogP contribution in [0.25, 0.3) is 0 Å². The second kappa shape index (κ2) is 6.05. The Morgan fingerprint density at radius 1 is 1.44 bits per heavy atom. The van der Waals surface area contributed by atoms with Crippen LogP contribution in [-0.4, -0.2) is 19.8 Å². The van der Waals surface area contributed by atoms with Crippen LogP contribution >= 0.6 is 0 Å². The molecule has 0 radical (unpaired) electrons. The molecule has 0 heterocycles. The summed E-state index contributed by atoms with van der Waals surface area (Å²) in [6.07, 6.45) is 3.28. The molecule has 0 aliphatic heterocycles. The second-order valence-corrected chi connectivity index (χ2v) is 2.33. The molecule has 2 N–H and O–H groups in total. The highest BCUT2D eigenvalue weighted by molar-refractivity contribution is 4.58. The highest BCUT2D eigenvalue weighted by atomic mass is 16.5. The number of hydrogen-bond acceptors (Lipinski definition) is 2. The lowest BCUT2D eigenvalue weighted by Crippen LogP contribution is -2.21. The molecule has 0 unspecified atom stereocenters. The van der Waals surface area contributed by atoms with Crippen molar-refractivity contribution in [2.45, 2.75) is 32.2 Å². The van der Waals surface area contributed by atoms with Crippen LogP contribution in [0.2, 0.25) is 0 Å². The third-order valence-electron chi connectivity index (χ3n) is 1.35. The van der Waals surface area contributed by atoms with E-state index in [0.29, 0.717) is 6.04 Å². The minimum absolute atomic E-state index is 0.343. The molecule has 0 aliphatic carbocycles. The summed E-state index contributed by atoms with van der Waals surface area (Å²) in [5.74, 6) is 0. The van der Waals surface area contributed by atoms with Gasteiger partial charge in [0.2, 0.25) is 0 Å². The van der Waals surface area contributed by atoms with Gasteiger partial charge in [0.25, 0.3) is 0 Å². The Morgan fingerprint density at radius 2 is 2.11 bits per heavy atom. The first kappa shape index (κ1) is 8.92. The average molecular weight is 131 g/mol. The summed E-state index contributed by atoms with van der Waals surface area (Å²) in [5.41, 5.74) is 5.69. The van der Waals surface area contributed by atoms with Crippen molar-refractivity contribution in [1.82, 2.24) is 0 Å². The van der Waals surface area contributed by atoms with Crippen molar-refractivity contribution in [3.63, 3.8) is 0 Å². The molecule has 2 nitrogen and oxygen atoms in total. The van der Waals surface area contributed by atoms with Crippen molar-refractivity contribution in [1.29, 1.82) is 0 Å². The number of ether oxygens (including phenoxy) is 1. The molecule has 0 rings (SSSR count).